The van der Waals surface area contributed by atoms with E-state index in [1.54, 1.807) is 5.56 Å². The first-order valence-electron chi connectivity index (χ1n) is 10.1. The minimum Gasteiger partial charge on any atom is -0.392 e. The third kappa shape index (κ3) is 3.74. The van der Waals surface area contributed by atoms with Gasteiger partial charge in [-0.15, -0.1) is 0 Å². The van der Waals surface area contributed by atoms with Crippen LogP contribution in [-0.4, -0.2) is 11.7 Å². The fourth-order valence-corrected chi connectivity index (χ4v) is 4.50. The molecular formula is C25H34O. The van der Waals surface area contributed by atoms with E-state index in [0.29, 0.717) is 0 Å². The third-order valence-corrected chi connectivity index (χ3v) is 6.42. The molecule has 1 heteroatoms. The van der Waals surface area contributed by atoms with Crippen molar-refractivity contribution in [2.24, 2.45) is 0 Å². The van der Waals surface area contributed by atoms with Gasteiger partial charge in [-0.1, -0.05) is 69.7 Å². The number of rotatable bonds is 4. The number of benzene rings is 1. The fourth-order valence-electron chi connectivity index (χ4n) is 4.50. The first kappa shape index (κ1) is 19.2. The molecule has 0 saturated heterocycles. The van der Waals surface area contributed by atoms with Crippen molar-refractivity contribution in [1.29, 1.82) is 0 Å². The van der Waals surface area contributed by atoms with E-state index in [-0.39, 0.29) is 17.4 Å². The molecule has 0 saturated carbocycles. The van der Waals surface area contributed by atoms with Crippen LogP contribution in [0.1, 0.15) is 83.4 Å². The average Bonchev–Trinajstić information content (AvgIpc) is 3.06. The topological polar surface area (TPSA) is 20.2 Å². The number of aliphatic hydroxyl groups is 1. The molecule has 1 nitrogen and oxygen atoms in total. The summed E-state index contributed by atoms with van der Waals surface area (Å²) >= 11 is 0. The summed E-state index contributed by atoms with van der Waals surface area (Å²) in [6.45, 7) is 11.7. The second-order valence-corrected chi connectivity index (χ2v) is 9.35. The molecule has 0 heterocycles. The second-order valence-electron chi connectivity index (χ2n) is 9.35. The van der Waals surface area contributed by atoms with Crippen molar-refractivity contribution >= 4 is 5.57 Å². The van der Waals surface area contributed by atoms with Gasteiger partial charge >= 0.3 is 0 Å². The molecule has 3 rings (SSSR count). The molecule has 140 valence electrons. The molecule has 0 unspecified atom stereocenters. The Morgan fingerprint density at radius 2 is 1.73 bits per heavy atom. The van der Waals surface area contributed by atoms with Crippen LogP contribution in [0, 0.1) is 0 Å². The van der Waals surface area contributed by atoms with Crippen molar-refractivity contribution in [3.63, 3.8) is 0 Å². The van der Waals surface area contributed by atoms with E-state index in [1.807, 2.05) is 13.0 Å². The Morgan fingerprint density at radius 3 is 2.42 bits per heavy atom. The second kappa shape index (κ2) is 7.19. The molecule has 0 atom stereocenters. The van der Waals surface area contributed by atoms with Gasteiger partial charge in [0.1, 0.15) is 0 Å². The zero-order chi connectivity index (χ0) is 18.9. The highest BCUT2D eigenvalue weighted by molar-refractivity contribution is 5.74. The summed E-state index contributed by atoms with van der Waals surface area (Å²) in [5.41, 5.74) is 9.14. The van der Waals surface area contributed by atoms with E-state index < -0.39 is 0 Å². The first-order chi connectivity index (χ1) is 12.2. The van der Waals surface area contributed by atoms with Gasteiger partial charge in [0.15, 0.2) is 0 Å². The Hall–Kier alpha value is -1.60. The van der Waals surface area contributed by atoms with Gasteiger partial charge in [0.05, 0.1) is 6.61 Å². The largest absolute Gasteiger partial charge is 0.392 e. The van der Waals surface area contributed by atoms with E-state index in [9.17, 15) is 0 Å². The van der Waals surface area contributed by atoms with E-state index in [2.05, 4.69) is 58.0 Å². The van der Waals surface area contributed by atoms with Crippen LogP contribution >= 0.6 is 0 Å². The van der Waals surface area contributed by atoms with Gasteiger partial charge in [0.25, 0.3) is 0 Å². The molecule has 2 aliphatic rings. The van der Waals surface area contributed by atoms with Crippen LogP contribution in [0.2, 0.25) is 0 Å². The van der Waals surface area contributed by atoms with Crippen LogP contribution in [0.25, 0.3) is 5.57 Å². The van der Waals surface area contributed by atoms with Gasteiger partial charge < -0.3 is 5.11 Å². The Morgan fingerprint density at radius 1 is 1.04 bits per heavy atom. The van der Waals surface area contributed by atoms with Crippen molar-refractivity contribution in [2.45, 2.75) is 77.6 Å². The summed E-state index contributed by atoms with van der Waals surface area (Å²) in [6.07, 6.45) is 12.3. The number of hydrogen-bond acceptors (Lipinski definition) is 1. The maximum Gasteiger partial charge on any atom is 0.0617 e. The van der Waals surface area contributed by atoms with Crippen LogP contribution in [0.15, 0.2) is 47.6 Å². The molecule has 1 aromatic rings. The van der Waals surface area contributed by atoms with Gasteiger partial charge in [-0.25, -0.2) is 0 Å². The van der Waals surface area contributed by atoms with E-state index in [4.69, 9.17) is 5.11 Å². The van der Waals surface area contributed by atoms with Crippen LogP contribution in [0.5, 0.6) is 0 Å². The average molecular weight is 351 g/mol. The van der Waals surface area contributed by atoms with Crippen LogP contribution in [0.4, 0.5) is 0 Å². The molecule has 26 heavy (non-hydrogen) atoms. The normalized spacial score (nSPS) is 22.2. The highest BCUT2D eigenvalue weighted by Crippen LogP contribution is 2.47. The SMILES string of the molecule is CC(/C=C/C1=C(c2ccc3c(c2)C(C)(C)CCC3(C)C)CCC1)=C\CO. The number of fused-ring (bicyclic) bond motifs is 1. The zero-order valence-corrected chi connectivity index (χ0v) is 17.2. The maximum absolute atomic E-state index is 9.04. The monoisotopic (exact) mass is 350 g/mol. The Kier molecular flexibility index (Phi) is 5.30. The molecule has 2 aliphatic carbocycles. The molecule has 0 bridgehead atoms. The lowest BCUT2D eigenvalue weighted by atomic mass is 9.63. The van der Waals surface area contributed by atoms with Crippen LogP contribution < -0.4 is 0 Å². The van der Waals surface area contributed by atoms with E-state index in [0.717, 1.165) is 12.0 Å². The van der Waals surface area contributed by atoms with Gasteiger partial charge in [-0.2, -0.15) is 0 Å². The van der Waals surface area contributed by atoms with Gasteiger partial charge in [-0.3, -0.25) is 0 Å². The molecule has 0 aromatic heterocycles. The van der Waals surface area contributed by atoms with E-state index >= 15 is 0 Å². The molecule has 0 radical (unpaired) electrons. The third-order valence-electron chi connectivity index (χ3n) is 6.42. The molecule has 0 aliphatic heterocycles. The molecule has 1 N–H and O–H groups in total. The summed E-state index contributed by atoms with van der Waals surface area (Å²) < 4.78 is 0. The Labute approximate surface area is 159 Å². The smallest absolute Gasteiger partial charge is 0.0617 e. The minimum absolute atomic E-state index is 0.109. The zero-order valence-electron chi connectivity index (χ0n) is 17.2. The first-order valence-corrected chi connectivity index (χ1v) is 10.1. The van der Waals surface area contributed by atoms with Gasteiger partial charge in [0.2, 0.25) is 0 Å². The highest BCUT2D eigenvalue weighted by atomic mass is 16.2. The summed E-state index contributed by atoms with van der Waals surface area (Å²) in [7, 11) is 0. The number of allylic oxidation sites excluding steroid dienone is 5. The summed E-state index contributed by atoms with van der Waals surface area (Å²) in [5, 5.41) is 9.04. The summed E-state index contributed by atoms with van der Waals surface area (Å²) in [4.78, 5) is 0. The van der Waals surface area contributed by atoms with Crippen molar-refractivity contribution < 1.29 is 5.11 Å². The predicted octanol–water partition coefficient (Wildman–Crippen LogP) is 6.47. The maximum atomic E-state index is 9.04. The molecule has 0 fully saturated rings. The standard InChI is InChI=1S/C25H34O/c1-18(13-16-26)9-10-19-7-6-8-21(19)20-11-12-22-23(17-20)25(4,5)15-14-24(22,2)3/h9-13,17,26H,6-8,14-16H2,1-5H3/b10-9+,18-13+. The van der Waals surface area contributed by atoms with Crippen molar-refractivity contribution in [3.8, 4) is 0 Å². The van der Waals surface area contributed by atoms with Crippen LogP contribution in [-0.2, 0) is 10.8 Å². The predicted molar refractivity (Wildman–Crippen MR) is 112 cm³/mol. The highest BCUT2D eigenvalue weighted by Gasteiger charge is 2.37. The van der Waals surface area contributed by atoms with Crippen molar-refractivity contribution in [3.05, 3.63) is 64.3 Å². The lowest BCUT2D eigenvalue weighted by Crippen LogP contribution is -2.33. The molecule has 1 aromatic carbocycles. The lowest BCUT2D eigenvalue weighted by molar-refractivity contribution is 0.332. The lowest BCUT2D eigenvalue weighted by Gasteiger charge is -2.42. The quantitative estimate of drug-likeness (QED) is 0.617. The fraction of sp³-hybridized carbons (Fsp3) is 0.520. The molecule has 0 spiro atoms. The minimum atomic E-state index is 0.109. The van der Waals surface area contributed by atoms with Gasteiger partial charge in [0, 0.05) is 0 Å². The van der Waals surface area contributed by atoms with Gasteiger partial charge in [-0.05, 0) is 77.7 Å². The van der Waals surface area contributed by atoms with Crippen LogP contribution in [0.3, 0.4) is 0 Å². The number of hydrogen-bond donors (Lipinski definition) is 1. The number of aliphatic hydroxyl groups excluding tert-OH is 1. The molecule has 0 amide bonds. The van der Waals surface area contributed by atoms with Crippen molar-refractivity contribution in [1.82, 2.24) is 0 Å². The Bertz CT molecular complexity index is 771. The Balaban J connectivity index is 2.02. The summed E-state index contributed by atoms with van der Waals surface area (Å²) in [5.74, 6) is 0. The molecular weight excluding hydrogens is 316 g/mol. The van der Waals surface area contributed by atoms with Crippen molar-refractivity contribution in [2.75, 3.05) is 6.61 Å². The van der Waals surface area contributed by atoms with E-state index in [1.165, 1.54) is 48.0 Å². The summed E-state index contributed by atoms with van der Waals surface area (Å²) in [6, 6.07) is 7.24.